The number of aromatic nitrogens is 1. The summed E-state index contributed by atoms with van der Waals surface area (Å²) in [7, 11) is 0. The second-order valence-corrected chi connectivity index (χ2v) is 7.80. The van der Waals surface area contributed by atoms with Crippen LogP contribution < -0.4 is 4.90 Å². The average Bonchev–Trinajstić information content (AvgIpc) is 3.24. The SMILES string of the molecule is O=C(c1c(N2CCOCC2)noc1-c1ccccc1)N1CCCC(CCCO)C1. The molecule has 7 nitrogen and oxygen atoms in total. The number of aliphatic hydroxyl groups excluding tert-OH is 1. The first-order valence-corrected chi connectivity index (χ1v) is 10.6. The summed E-state index contributed by atoms with van der Waals surface area (Å²) in [5.41, 5.74) is 1.41. The fraction of sp³-hybridized carbons (Fsp3) is 0.545. The molecule has 0 saturated carbocycles. The van der Waals surface area contributed by atoms with Gasteiger partial charge in [0.2, 0.25) is 0 Å². The topological polar surface area (TPSA) is 79.0 Å². The molecule has 156 valence electrons. The van der Waals surface area contributed by atoms with Gasteiger partial charge in [-0.3, -0.25) is 4.79 Å². The molecular weight excluding hydrogens is 370 g/mol. The molecule has 1 atom stereocenters. The number of benzene rings is 1. The van der Waals surface area contributed by atoms with E-state index in [1.54, 1.807) is 0 Å². The van der Waals surface area contributed by atoms with Crippen LogP contribution in [-0.4, -0.2) is 67.1 Å². The zero-order valence-electron chi connectivity index (χ0n) is 16.8. The molecule has 2 aliphatic heterocycles. The largest absolute Gasteiger partial charge is 0.396 e. The molecule has 2 saturated heterocycles. The van der Waals surface area contributed by atoms with Gasteiger partial charge in [0, 0.05) is 38.3 Å². The lowest BCUT2D eigenvalue weighted by Crippen LogP contribution is -2.42. The Balaban J connectivity index is 1.64. The van der Waals surface area contributed by atoms with E-state index < -0.39 is 0 Å². The van der Waals surface area contributed by atoms with Crippen molar-refractivity contribution in [2.24, 2.45) is 5.92 Å². The van der Waals surface area contributed by atoms with Crippen molar-refractivity contribution in [3.63, 3.8) is 0 Å². The number of amides is 1. The number of ether oxygens (including phenoxy) is 1. The van der Waals surface area contributed by atoms with Gasteiger partial charge in [0.05, 0.1) is 13.2 Å². The quantitative estimate of drug-likeness (QED) is 0.805. The Morgan fingerprint density at radius 3 is 2.72 bits per heavy atom. The normalized spacial score (nSPS) is 20.1. The number of carbonyl (C=O) groups excluding carboxylic acids is 1. The number of likely N-dealkylation sites (tertiary alicyclic amines) is 1. The second-order valence-electron chi connectivity index (χ2n) is 7.80. The van der Waals surface area contributed by atoms with Crippen LogP contribution in [0.2, 0.25) is 0 Å². The van der Waals surface area contributed by atoms with Crippen LogP contribution in [0.15, 0.2) is 34.9 Å². The summed E-state index contributed by atoms with van der Waals surface area (Å²) in [4.78, 5) is 17.7. The van der Waals surface area contributed by atoms with Crippen molar-refractivity contribution in [2.45, 2.75) is 25.7 Å². The van der Waals surface area contributed by atoms with Gasteiger partial charge in [-0.25, -0.2) is 0 Å². The first-order valence-electron chi connectivity index (χ1n) is 10.6. The molecule has 4 rings (SSSR count). The highest BCUT2D eigenvalue weighted by Crippen LogP contribution is 2.34. The Kier molecular flexibility index (Phi) is 6.46. The van der Waals surface area contributed by atoms with E-state index in [1.807, 2.05) is 35.2 Å². The van der Waals surface area contributed by atoms with Gasteiger partial charge >= 0.3 is 0 Å². The van der Waals surface area contributed by atoms with E-state index in [2.05, 4.69) is 10.1 Å². The minimum Gasteiger partial charge on any atom is -0.396 e. The number of rotatable bonds is 6. The molecule has 1 aromatic heterocycles. The van der Waals surface area contributed by atoms with E-state index in [9.17, 15) is 4.79 Å². The Bertz CT molecular complexity index is 802. The maximum Gasteiger partial charge on any atom is 0.261 e. The minimum absolute atomic E-state index is 0.0136. The molecule has 0 bridgehead atoms. The molecule has 1 N–H and O–H groups in total. The Morgan fingerprint density at radius 2 is 1.97 bits per heavy atom. The molecule has 29 heavy (non-hydrogen) atoms. The fourth-order valence-corrected chi connectivity index (χ4v) is 4.28. The molecule has 1 unspecified atom stereocenters. The zero-order valence-corrected chi connectivity index (χ0v) is 16.8. The van der Waals surface area contributed by atoms with Crippen LogP contribution in [0, 0.1) is 5.92 Å². The first-order chi connectivity index (χ1) is 14.3. The molecule has 7 heteroatoms. The van der Waals surface area contributed by atoms with Gasteiger partial charge in [0.1, 0.15) is 5.56 Å². The number of piperidine rings is 1. The third-order valence-electron chi connectivity index (χ3n) is 5.81. The number of aliphatic hydroxyl groups is 1. The summed E-state index contributed by atoms with van der Waals surface area (Å²) in [5.74, 6) is 1.58. The highest BCUT2D eigenvalue weighted by Gasteiger charge is 2.33. The second kappa shape index (κ2) is 9.41. The van der Waals surface area contributed by atoms with Gasteiger partial charge in [0.15, 0.2) is 11.6 Å². The zero-order chi connectivity index (χ0) is 20.1. The number of hydrogen-bond acceptors (Lipinski definition) is 6. The maximum atomic E-state index is 13.7. The van der Waals surface area contributed by atoms with Crippen LogP contribution in [0.5, 0.6) is 0 Å². The maximum absolute atomic E-state index is 13.7. The minimum atomic E-state index is -0.0136. The van der Waals surface area contributed by atoms with Crippen LogP contribution in [0.25, 0.3) is 11.3 Å². The van der Waals surface area contributed by atoms with Gasteiger partial charge in [-0.1, -0.05) is 35.5 Å². The molecule has 2 fully saturated rings. The lowest BCUT2D eigenvalue weighted by atomic mass is 9.93. The number of hydrogen-bond donors (Lipinski definition) is 1. The molecule has 3 heterocycles. The van der Waals surface area contributed by atoms with E-state index in [4.69, 9.17) is 14.4 Å². The van der Waals surface area contributed by atoms with Crippen molar-refractivity contribution < 1.29 is 19.2 Å². The van der Waals surface area contributed by atoms with Crippen LogP contribution in [0.4, 0.5) is 5.82 Å². The molecule has 0 aliphatic carbocycles. The van der Waals surface area contributed by atoms with E-state index >= 15 is 0 Å². The number of carbonyl (C=O) groups is 1. The summed E-state index contributed by atoms with van der Waals surface area (Å²) < 4.78 is 11.2. The number of nitrogens with zero attached hydrogens (tertiary/aromatic N) is 3. The van der Waals surface area contributed by atoms with Crippen molar-refractivity contribution in [1.29, 1.82) is 0 Å². The third kappa shape index (κ3) is 4.46. The Labute approximate surface area is 171 Å². The van der Waals surface area contributed by atoms with Crippen molar-refractivity contribution in [3.05, 3.63) is 35.9 Å². The number of morpholine rings is 1. The summed E-state index contributed by atoms with van der Waals surface area (Å²) in [5, 5.41) is 13.5. The summed E-state index contributed by atoms with van der Waals surface area (Å²) in [6.45, 7) is 4.30. The highest BCUT2D eigenvalue weighted by molar-refractivity contribution is 6.04. The predicted octanol–water partition coefficient (Wildman–Crippen LogP) is 2.80. The van der Waals surface area contributed by atoms with Gasteiger partial charge in [0.25, 0.3) is 5.91 Å². The fourth-order valence-electron chi connectivity index (χ4n) is 4.28. The molecule has 2 aliphatic rings. The third-order valence-corrected chi connectivity index (χ3v) is 5.81. The van der Waals surface area contributed by atoms with E-state index in [-0.39, 0.29) is 12.5 Å². The summed E-state index contributed by atoms with van der Waals surface area (Å²) in [6.07, 6.45) is 3.83. The van der Waals surface area contributed by atoms with Gasteiger partial charge in [-0.2, -0.15) is 0 Å². The van der Waals surface area contributed by atoms with Crippen LogP contribution in [-0.2, 0) is 4.74 Å². The van der Waals surface area contributed by atoms with Crippen molar-refractivity contribution >= 4 is 11.7 Å². The molecule has 0 spiro atoms. The van der Waals surface area contributed by atoms with Crippen molar-refractivity contribution in [3.8, 4) is 11.3 Å². The van der Waals surface area contributed by atoms with Crippen molar-refractivity contribution in [2.75, 3.05) is 50.9 Å². The molecule has 2 aromatic rings. The molecule has 1 amide bonds. The van der Waals surface area contributed by atoms with E-state index in [0.717, 1.165) is 44.3 Å². The van der Waals surface area contributed by atoms with Crippen LogP contribution in [0.1, 0.15) is 36.0 Å². The summed E-state index contributed by atoms with van der Waals surface area (Å²) >= 11 is 0. The van der Waals surface area contributed by atoms with Crippen LogP contribution >= 0.6 is 0 Å². The summed E-state index contributed by atoms with van der Waals surface area (Å²) in [6, 6.07) is 9.71. The van der Waals surface area contributed by atoms with Gasteiger partial charge in [-0.15, -0.1) is 0 Å². The molecule has 1 aromatic carbocycles. The molecule has 0 radical (unpaired) electrons. The van der Waals surface area contributed by atoms with Gasteiger partial charge < -0.3 is 24.2 Å². The first kappa shape index (κ1) is 19.9. The lowest BCUT2D eigenvalue weighted by molar-refractivity contribution is 0.0663. The highest BCUT2D eigenvalue weighted by atomic mass is 16.5. The monoisotopic (exact) mass is 399 g/mol. The number of anilines is 1. The smallest absolute Gasteiger partial charge is 0.261 e. The van der Waals surface area contributed by atoms with E-state index in [0.29, 0.717) is 49.4 Å². The van der Waals surface area contributed by atoms with E-state index in [1.165, 1.54) is 0 Å². The standard InChI is InChI=1S/C22H29N3O4/c26-13-5-7-17-6-4-10-25(16-17)22(27)19-20(18-8-2-1-3-9-18)29-23-21(19)24-11-14-28-15-12-24/h1-3,8-9,17,26H,4-7,10-16H2. The Morgan fingerprint density at radius 1 is 1.17 bits per heavy atom. The van der Waals surface area contributed by atoms with Crippen molar-refractivity contribution in [1.82, 2.24) is 10.1 Å². The predicted molar refractivity (Wildman–Crippen MR) is 110 cm³/mol. The van der Waals surface area contributed by atoms with Gasteiger partial charge in [-0.05, 0) is 31.6 Å². The average molecular weight is 399 g/mol. The lowest BCUT2D eigenvalue weighted by Gasteiger charge is -2.33. The molecular formula is C22H29N3O4. The van der Waals surface area contributed by atoms with Crippen LogP contribution in [0.3, 0.4) is 0 Å². The Hall–Kier alpha value is -2.38.